The minimum atomic E-state index is 0.0920. The number of fused-ring (bicyclic) bond motifs is 1. The van der Waals surface area contributed by atoms with Crippen LogP contribution < -0.4 is 5.73 Å². The second-order valence-electron chi connectivity index (χ2n) is 5.94. The van der Waals surface area contributed by atoms with Crippen molar-refractivity contribution in [1.29, 1.82) is 0 Å². The smallest absolute Gasteiger partial charge is 0.0223 e. The summed E-state index contributed by atoms with van der Waals surface area (Å²) in [5.41, 5.74) is 9.95. The summed E-state index contributed by atoms with van der Waals surface area (Å²) in [6.07, 6.45) is 10.4. The van der Waals surface area contributed by atoms with Gasteiger partial charge in [0.15, 0.2) is 0 Å². The highest BCUT2D eigenvalue weighted by Crippen LogP contribution is 2.44. The zero-order valence-electron chi connectivity index (χ0n) is 10.6. The maximum absolute atomic E-state index is 6.75. The topological polar surface area (TPSA) is 26.0 Å². The normalized spacial score (nSPS) is 27.5. The molecule has 0 heterocycles. The van der Waals surface area contributed by atoms with Crippen molar-refractivity contribution in [2.75, 3.05) is 0 Å². The quantitative estimate of drug-likeness (QED) is 0.779. The van der Waals surface area contributed by atoms with E-state index in [1.54, 1.807) is 11.1 Å². The number of aryl methyl sites for hydroxylation is 1. The van der Waals surface area contributed by atoms with Gasteiger partial charge in [0.25, 0.3) is 0 Å². The largest absolute Gasteiger partial charge is 0.325 e. The highest BCUT2D eigenvalue weighted by Gasteiger charge is 2.38. The number of nitrogens with two attached hydrogens (primary N) is 1. The van der Waals surface area contributed by atoms with Gasteiger partial charge in [-0.05, 0) is 43.2 Å². The van der Waals surface area contributed by atoms with E-state index in [0.717, 1.165) is 0 Å². The molecule has 1 aromatic carbocycles. The Bertz CT molecular complexity index is 390. The Kier molecular flexibility index (Phi) is 2.96. The molecule has 1 aromatic rings. The highest BCUT2D eigenvalue weighted by atomic mass is 14.8. The van der Waals surface area contributed by atoms with Crippen molar-refractivity contribution in [2.24, 2.45) is 5.73 Å². The maximum Gasteiger partial charge on any atom is 0.0223 e. The third kappa shape index (κ3) is 2.01. The van der Waals surface area contributed by atoms with Gasteiger partial charge in [-0.1, -0.05) is 43.5 Å². The van der Waals surface area contributed by atoms with E-state index >= 15 is 0 Å². The van der Waals surface area contributed by atoms with Gasteiger partial charge >= 0.3 is 0 Å². The summed E-state index contributed by atoms with van der Waals surface area (Å²) in [5.74, 6) is 0.618. The van der Waals surface area contributed by atoms with Crippen LogP contribution >= 0.6 is 0 Å². The molecule has 3 rings (SSSR count). The minimum Gasteiger partial charge on any atom is -0.325 e. The Morgan fingerprint density at radius 1 is 1.00 bits per heavy atom. The van der Waals surface area contributed by atoms with Gasteiger partial charge in [0.2, 0.25) is 0 Å². The van der Waals surface area contributed by atoms with Crippen molar-refractivity contribution in [3.8, 4) is 0 Å². The van der Waals surface area contributed by atoms with E-state index in [2.05, 4.69) is 24.3 Å². The first kappa shape index (κ1) is 11.3. The summed E-state index contributed by atoms with van der Waals surface area (Å²) in [5, 5.41) is 0. The second-order valence-corrected chi connectivity index (χ2v) is 5.94. The van der Waals surface area contributed by atoms with E-state index in [4.69, 9.17) is 5.73 Å². The van der Waals surface area contributed by atoms with Gasteiger partial charge in [-0.2, -0.15) is 0 Å². The summed E-state index contributed by atoms with van der Waals surface area (Å²) in [6.45, 7) is 0. The van der Waals surface area contributed by atoms with Crippen LogP contribution in [0.1, 0.15) is 62.0 Å². The molecule has 92 valence electrons. The van der Waals surface area contributed by atoms with E-state index in [-0.39, 0.29) is 5.54 Å². The van der Waals surface area contributed by atoms with Crippen LogP contribution in [-0.4, -0.2) is 5.54 Å². The molecular formula is C16H23N. The molecule has 1 unspecified atom stereocenters. The van der Waals surface area contributed by atoms with Crippen LogP contribution in [0, 0.1) is 0 Å². The molecule has 1 fully saturated rings. The van der Waals surface area contributed by atoms with Crippen LogP contribution in [0.3, 0.4) is 0 Å². The summed E-state index contributed by atoms with van der Waals surface area (Å²) in [4.78, 5) is 0. The fourth-order valence-corrected chi connectivity index (χ4v) is 3.91. The Hall–Kier alpha value is -0.820. The maximum atomic E-state index is 6.75. The summed E-state index contributed by atoms with van der Waals surface area (Å²) in [6, 6.07) is 8.98. The lowest BCUT2D eigenvalue weighted by molar-refractivity contribution is 0.229. The molecule has 0 amide bonds. The molecule has 0 radical (unpaired) electrons. The molecule has 0 bridgehead atoms. The van der Waals surface area contributed by atoms with Crippen molar-refractivity contribution in [2.45, 2.75) is 62.8 Å². The molecule has 0 aromatic heterocycles. The predicted molar refractivity (Wildman–Crippen MR) is 72.1 cm³/mol. The zero-order chi connectivity index (χ0) is 11.7. The molecule has 2 N–H and O–H groups in total. The summed E-state index contributed by atoms with van der Waals surface area (Å²) >= 11 is 0. The average Bonchev–Trinajstić information content (AvgIpc) is 2.39. The van der Waals surface area contributed by atoms with Crippen molar-refractivity contribution in [1.82, 2.24) is 0 Å². The van der Waals surface area contributed by atoms with Crippen molar-refractivity contribution < 1.29 is 0 Å². The van der Waals surface area contributed by atoms with Gasteiger partial charge < -0.3 is 5.73 Å². The molecule has 0 aliphatic heterocycles. The monoisotopic (exact) mass is 229 g/mol. The zero-order valence-corrected chi connectivity index (χ0v) is 10.6. The molecule has 1 saturated carbocycles. The molecule has 1 nitrogen and oxygen atoms in total. The average molecular weight is 229 g/mol. The van der Waals surface area contributed by atoms with Crippen molar-refractivity contribution >= 4 is 0 Å². The molecule has 17 heavy (non-hydrogen) atoms. The van der Waals surface area contributed by atoms with Gasteiger partial charge in [-0.15, -0.1) is 0 Å². The first-order valence-corrected chi connectivity index (χ1v) is 7.16. The Morgan fingerprint density at radius 2 is 1.76 bits per heavy atom. The van der Waals surface area contributed by atoms with E-state index in [1.165, 1.54) is 51.4 Å². The minimum absolute atomic E-state index is 0.0920. The van der Waals surface area contributed by atoms with Crippen LogP contribution in [-0.2, 0) is 6.42 Å². The summed E-state index contributed by atoms with van der Waals surface area (Å²) < 4.78 is 0. The Balaban J connectivity index is 1.94. The van der Waals surface area contributed by atoms with Gasteiger partial charge in [-0.25, -0.2) is 0 Å². The van der Waals surface area contributed by atoms with Crippen LogP contribution in [0.2, 0.25) is 0 Å². The SMILES string of the molecule is NC1(C2CCCc3ccccc32)CCCCC1. The van der Waals surface area contributed by atoms with E-state index in [0.29, 0.717) is 5.92 Å². The molecule has 1 heteroatoms. The van der Waals surface area contributed by atoms with Crippen LogP contribution in [0.5, 0.6) is 0 Å². The fourth-order valence-electron chi connectivity index (χ4n) is 3.91. The molecule has 2 aliphatic rings. The first-order chi connectivity index (χ1) is 8.30. The Labute approximate surface area is 104 Å². The predicted octanol–water partition coefficient (Wildman–Crippen LogP) is 3.77. The lowest BCUT2D eigenvalue weighted by atomic mass is 9.66. The standard InChI is InChI=1S/C16H23N/c17-16(11-4-1-5-12-16)15-10-6-8-13-7-2-3-9-14(13)15/h2-3,7,9,15H,1,4-6,8,10-12,17H2. The van der Waals surface area contributed by atoms with Crippen LogP contribution in [0.25, 0.3) is 0 Å². The molecule has 1 atom stereocenters. The molecule has 2 aliphatic carbocycles. The van der Waals surface area contributed by atoms with Crippen molar-refractivity contribution in [3.63, 3.8) is 0 Å². The van der Waals surface area contributed by atoms with Gasteiger partial charge in [0.05, 0.1) is 0 Å². The van der Waals surface area contributed by atoms with E-state index < -0.39 is 0 Å². The summed E-state index contributed by atoms with van der Waals surface area (Å²) in [7, 11) is 0. The van der Waals surface area contributed by atoms with Gasteiger partial charge in [0, 0.05) is 11.5 Å². The molecule has 0 saturated heterocycles. The van der Waals surface area contributed by atoms with Gasteiger partial charge in [-0.3, -0.25) is 0 Å². The van der Waals surface area contributed by atoms with Crippen LogP contribution in [0.4, 0.5) is 0 Å². The van der Waals surface area contributed by atoms with Crippen molar-refractivity contribution in [3.05, 3.63) is 35.4 Å². The number of hydrogen-bond acceptors (Lipinski definition) is 1. The first-order valence-electron chi connectivity index (χ1n) is 7.16. The fraction of sp³-hybridized carbons (Fsp3) is 0.625. The number of rotatable bonds is 1. The lowest BCUT2D eigenvalue weighted by Crippen LogP contribution is -2.48. The second kappa shape index (κ2) is 4.45. The number of benzene rings is 1. The third-order valence-corrected chi connectivity index (χ3v) is 4.85. The third-order valence-electron chi connectivity index (χ3n) is 4.85. The Morgan fingerprint density at radius 3 is 2.59 bits per heavy atom. The van der Waals surface area contributed by atoms with E-state index in [1.807, 2.05) is 0 Å². The lowest BCUT2D eigenvalue weighted by Gasteiger charge is -2.43. The highest BCUT2D eigenvalue weighted by molar-refractivity contribution is 5.35. The molecule has 0 spiro atoms. The van der Waals surface area contributed by atoms with Crippen LogP contribution in [0.15, 0.2) is 24.3 Å². The number of hydrogen-bond donors (Lipinski definition) is 1. The van der Waals surface area contributed by atoms with E-state index in [9.17, 15) is 0 Å². The van der Waals surface area contributed by atoms with Gasteiger partial charge in [0.1, 0.15) is 0 Å². The molecular weight excluding hydrogens is 206 g/mol.